The zero-order valence-electron chi connectivity index (χ0n) is 20.6. The molecule has 1 unspecified atom stereocenters. The first-order valence-corrected chi connectivity index (χ1v) is 12.3. The van der Waals surface area contributed by atoms with Gasteiger partial charge in [0.25, 0.3) is 0 Å². The molecule has 1 aliphatic carbocycles. The van der Waals surface area contributed by atoms with Crippen LogP contribution in [0.4, 0.5) is 21.0 Å². The van der Waals surface area contributed by atoms with Crippen molar-refractivity contribution >= 4 is 29.1 Å². The summed E-state index contributed by atoms with van der Waals surface area (Å²) in [5.41, 5.74) is 10.9. The third-order valence-corrected chi connectivity index (χ3v) is 6.28. The molecule has 5 rings (SSSR count). The Balaban J connectivity index is 1.50. The van der Waals surface area contributed by atoms with Crippen LogP contribution in [0.1, 0.15) is 22.6 Å². The molecule has 0 aromatic heterocycles. The maximum Gasteiger partial charge on any atom is 0.417 e. The van der Waals surface area contributed by atoms with E-state index < -0.39 is 12.2 Å². The number of amides is 2. The number of fused-ring (bicyclic) bond motifs is 1. The number of allylic oxidation sites excluding steroid dienone is 1. The number of hydrogen-bond acceptors (Lipinski definition) is 5. The summed E-state index contributed by atoms with van der Waals surface area (Å²) < 4.78 is 11.5. The van der Waals surface area contributed by atoms with Crippen LogP contribution in [0.2, 0.25) is 0 Å². The highest BCUT2D eigenvalue weighted by atomic mass is 16.6. The van der Waals surface area contributed by atoms with Crippen LogP contribution in [-0.4, -0.2) is 18.7 Å². The van der Waals surface area contributed by atoms with Gasteiger partial charge in [-0.25, -0.2) is 9.59 Å². The van der Waals surface area contributed by atoms with Gasteiger partial charge in [0.1, 0.15) is 0 Å². The van der Waals surface area contributed by atoms with E-state index in [4.69, 9.17) is 15.2 Å². The Morgan fingerprint density at radius 2 is 1.29 bits per heavy atom. The molecule has 0 radical (unpaired) electrons. The monoisotopic (exact) mass is 505 g/mol. The maximum absolute atomic E-state index is 13.0. The summed E-state index contributed by atoms with van der Waals surface area (Å²) in [4.78, 5) is 25.7. The Labute approximate surface area is 220 Å². The van der Waals surface area contributed by atoms with Crippen molar-refractivity contribution in [3.05, 3.63) is 126 Å². The fraction of sp³-hybridized carbons (Fsp3) is 0.0968. The van der Waals surface area contributed by atoms with Crippen LogP contribution >= 0.6 is 0 Å². The van der Waals surface area contributed by atoms with Crippen LogP contribution in [0.15, 0.2) is 109 Å². The molecule has 0 bridgehead atoms. The number of ether oxygens (including phenoxy) is 2. The van der Waals surface area contributed by atoms with Crippen LogP contribution in [0.3, 0.4) is 0 Å². The van der Waals surface area contributed by atoms with Gasteiger partial charge >= 0.3 is 12.2 Å². The first-order valence-electron chi connectivity index (χ1n) is 12.3. The number of nitrogens with two attached hydrogens (primary N) is 1. The molecule has 38 heavy (non-hydrogen) atoms. The van der Waals surface area contributed by atoms with Gasteiger partial charge in [0.05, 0.1) is 0 Å². The highest BCUT2D eigenvalue weighted by molar-refractivity contribution is 5.90. The van der Waals surface area contributed by atoms with E-state index in [-0.39, 0.29) is 17.4 Å². The van der Waals surface area contributed by atoms with E-state index in [0.29, 0.717) is 24.3 Å². The quantitative estimate of drug-likeness (QED) is 0.274. The lowest BCUT2D eigenvalue weighted by Crippen LogP contribution is -2.22. The number of carbonyl (C=O) groups is 2. The first-order chi connectivity index (χ1) is 18.6. The lowest BCUT2D eigenvalue weighted by Gasteiger charge is -2.27. The predicted octanol–water partition coefficient (Wildman–Crippen LogP) is 6.59. The number of carbonyl (C=O) groups excluding carboxylic acids is 2. The number of anilines is 2. The molecule has 0 fully saturated rings. The minimum atomic E-state index is -0.700. The Morgan fingerprint density at radius 1 is 0.737 bits per heavy atom. The standard InChI is InChI=1S/C31H27N3O4/c32-20-23-18-22(21-10-4-1-5-11-21)19-27-26(23)16-17-28(37-30(35)33-24-12-6-2-7-13-24)29(27)38-31(36)34-25-14-8-3-9-15-25/h1-18,22H,19-20,32H2,(H,33,35)(H,34,36). The molecule has 4 N–H and O–H groups in total. The van der Waals surface area contributed by atoms with Crippen molar-refractivity contribution in [3.63, 3.8) is 0 Å². The van der Waals surface area contributed by atoms with E-state index in [0.717, 1.165) is 22.3 Å². The lowest BCUT2D eigenvalue weighted by atomic mass is 9.80. The molecular formula is C31H27N3O4. The number of benzene rings is 4. The molecule has 7 heteroatoms. The minimum Gasteiger partial charge on any atom is -0.406 e. The van der Waals surface area contributed by atoms with Crippen molar-refractivity contribution in [1.82, 2.24) is 0 Å². The van der Waals surface area contributed by atoms with E-state index in [2.05, 4.69) is 28.8 Å². The van der Waals surface area contributed by atoms with Gasteiger partial charge in [-0.05, 0) is 53.5 Å². The van der Waals surface area contributed by atoms with Gasteiger partial charge in [-0.15, -0.1) is 0 Å². The molecule has 7 nitrogen and oxygen atoms in total. The first kappa shape index (κ1) is 24.8. The van der Waals surface area contributed by atoms with Crippen LogP contribution < -0.4 is 25.8 Å². The second-order valence-corrected chi connectivity index (χ2v) is 8.80. The Morgan fingerprint density at radius 3 is 1.87 bits per heavy atom. The normalized spacial score (nSPS) is 14.0. The molecule has 190 valence electrons. The van der Waals surface area contributed by atoms with Gasteiger partial charge in [-0.2, -0.15) is 0 Å². The molecule has 1 atom stereocenters. The maximum atomic E-state index is 13.0. The van der Waals surface area contributed by atoms with E-state index in [9.17, 15) is 9.59 Å². The smallest absolute Gasteiger partial charge is 0.406 e. The van der Waals surface area contributed by atoms with Crippen molar-refractivity contribution in [2.45, 2.75) is 12.3 Å². The van der Waals surface area contributed by atoms with Crippen molar-refractivity contribution in [1.29, 1.82) is 0 Å². The summed E-state index contributed by atoms with van der Waals surface area (Å²) >= 11 is 0. The fourth-order valence-electron chi connectivity index (χ4n) is 4.53. The van der Waals surface area contributed by atoms with E-state index in [1.54, 1.807) is 42.5 Å². The molecule has 0 spiro atoms. The van der Waals surface area contributed by atoms with Gasteiger partial charge in [-0.3, -0.25) is 10.6 Å². The average Bonchev–Trinajstić information content (AvgIpc) is 2.95. The van der Waals surface area contributed by atoms with Gasteiger partial charge < -0.3 is 15.2 Å². The molecule has 1 aliphatic rings. The molecular weight excluding hydrogens is 478 g/mol. The third-order valence-electron chi connectivity index (χ3n) is 6.28. The highest BCUT2D eigenvalue weighted by Crippen LogP contribution is 2.43. The topological polar surface area (TPSA) is 103 Å². The third kappa shape index (κ3) is 5.74. The molecule has 0 heterocycles. The predicted molar refractivity (Wildman–Crippen MR) is 149 cm³/mol. The van der Waals surface area contributed by atoms with Crippen molar-refractivity contribution < 1.29 is 19.1 Å². The summed E-state index contributed by atoms with van der Waals surface area (Å²) in [6, 6.07) is 31.5. The van der Waals surface area contributed by atoms with Crippen LogP contribution in [0.25, 0.3) is 5.57 Å². The lowest BCUT2D eigenvalue weighted by molar-refractivity contribution is 0.204. The SMILES string of the molecule is NCC1=CC(c2ccccc2)Cc2c1ccc(OC(=O)Nc1ccccc1)c2OC(=O)Nc1ccccc1. The van der Waals surface area contributed by atoms with Crippen LogP contribution in [0.5, 0.6) is 11.5 Å². The molecule has 2 amide bonds. The summed E-state index contributed by atoms with van der Waals surface area (Å²) in [5.74, 6) is 0.319. The molecule has 0 aliphatic heterocycles. The minimum absolute atomic E-state index is 0.00943. The Bertz CT molecular complexity index is 1450. The number of rotatable bonds is 6. The zero-order chi connectivity index (χ0) is 26.3. The van der Waals surface area contributed by atoms with Crippen LogP contribution in [-0.2, 0) is 6.42 Å². The average molecular weight is 506 g/mol. The van der Waals surface area contributed by atoms with Gasteiger partial charge in [0, 0.05) is 29.4 Å². The summed E-state index contributed by atoms with van der Waals surface area (Å²) in [5, 5.41) is 5.43. The summed E-state index contributed by atoms with van der Waals surface area (Å²) in [6.45, 7) is 0.306. The van der Waals surface area contributed by atoms with Gasteiger partial charge in [0.15, 0.2) is 11.5 Å². The number of hydrogen-bond donors (Lipinski definition) is 3. The molecule has 4 aromatic rings. The summed E-state index contributed by atoms with van der Waals surface area (Å²) in [7, 11) is 0. The van der Waals surface area contributed by atoms with E-state index in [1.165, 1.54) is 0 Å². The second-order valence-electron chi connectivity index (χ2n) is 8.80. The molecule has 4 aromatic carbocycles. The second kappa shape index (κ2) is 11.5. The molecule has 0 saturated carbocycles. The summed E-state index contributed by atoms with van der Waals surface area (Å²) in [6.07, 6.45) is 1.29. The highest BCUT2D eigenvalue weighted by Gasteiger charge is 2.28. The van der Waals surface area contributed by atoms with E-state index >= 15 is 0 Å². The fourth-order valence-corrected chi connectivity index (χ4v) is 4.53. The van der Waals surface area contributed by atoms with Crippen molar-refractivity contribution in [2.75, 3.05) is 17.2 Å². The van der Waals surface area contributed by atoms with Gasteiger partial charge in [-0.1, -0.05) is 78.9 Å². The Kier molecular flexibility index (Phi) is 7.47. The number of para-hydroxylation sites is 2. The largest absolute Gasteiger partial charge is 0.417 e. The van der Waals surface area contributed by atoms with Crippen LogP contribution in [0, 0.1) is 0 Å². The van der Waals surface area contributed by atoms with Crippen molar-refractivity contribution in [2.24, 2.45) is 5.73 Å². The zero-order valence-corrected chi connectivity index (χ0v) is 20.6. The molecule has 0 saturated heterocycles. The number of nitrogens with one attached hydrogen (secondary N) is 2. The van der Waals surface area contributed by atoms with Gasteiger partial charge in [0.2, 0.25) is 0 Å². The van der Waals surface area contributed by atoms with Crippen molar-refractivity contribution in [3.8, 4) is 11.5 Å². The Hall–Kier alpha value is -4.88. The van der Waals surface area contributed by atoms with E-state index in [1.807, 2.05) is 48.5 Å².